The topological polar surface area (TPSA) is 91.2 Å². The molecule has 7 heteroatoms. The van der Waals surface area contributed by atoms with E-state index in [-0.39, 0.29) is 29.6 Å². The number of aliphatic hydroxyl groups is 1. The van der Waals surface area contributed by atoms with E-state index >= 15 is 0 Å². The van der Waals surface area contributed by atoms with Crippen LogP contribution in [0.1, 0.15) is 36.3 Å². The van der Waals surface area contributed by atoms with Gasteiger partial charge in [0.1, 0.15) is 0 Å². The van der Waals surface area contributed by atoms with Crippen molar-refractivity contribution >= 4 is 5.91 Å². The fraction of sp³-hybridized carbons (Fsp3) is 0.769. The minimum Gasteiger partial charge on any atom is -0.393 e. The Hall–Kier alpha value is -1.63. The van der Waals surface area contributed by atoms with Gasteiger partial charge in [-0.25, -0.2) is 9.48 Å². The third-order valence-electron chi connectivity index (χ3n) is 4.81. The molecule has 3 rings (SSSR count). The zero-order chi connectivity index (χ0) is 14.4. The van der Waals surface area contributed by atoms with E-state index in [2.05, 4.69) is 10.1 Å². The molecule has 0 bridgehead atoms. The van der Waals surface area contributed by atoms with E-state index in [4.69, 9.17) is 0 Å². The molecule has 1 aromatic heterocycles. The summed E-state index contributed by atoms with van der Waals surface area (Å²) >= 11 is 0. The lowest BCUT2D eigenvalue weighted by Gasteiger charge is -2.24. The number of rotatable bonds is 2. The predicted octanol–water partition coefficient (Wildman–Crippen LogP) is -0.270. The minimum absolute atomic E-state index is 0.0945. The molecular weight excluding hydrogens is 260 g/mol. The second kappa shape index (κ2) is 4.73. The lowest BCUT2D eigenvalue weighted by Crippen LogP contribution is -2.36. The van der Waals surface area contributed by atoms with Crippen molar-refractivity contribution in [1.82, 2.24) is 19.7 Å². The van der Waals surface area contributed by atoms with Crippen LogP contribution in [0.15, 0.2) is 4.79 Å². The number of hydrogen-bond donors (Lipinski definition) is 2. The van der Waals surface area contributed by atoms with Gasteiger partial charge in [-0.1, -0.05) is 0 Å². The van der Waals surface area contributed by atoms with E-state index in [0.717, 1.165) is 30.4 Å². The maximum Gasteiger partial charge on any atom is 0.343 e. The quantitative estimate of drug-likeness (QED) is 0.780. The first-order valence-electron chi connectivity index (χ1n) is 7.04. The number of aliphatic hydroxyl groups excluding tert-OH is 1. The smallest absolute Gasteiger partial charge is 0.343 e. The van der Waals surface area contributed by atoms with Crippen LogP contribution in [0.2, 0.25) is 0 Å². The highest BCUT2D eigenvalue weighted by Crippen LogP contribution is 2.45. The number of amides is 1. The van der Waals surface area contributed by atoms with Crippen LogP contribution in [0.3, 0.4) is 0 Å². The highest BCUT2D eigenvalue weighted by atomic mass is 16.3. The van der Waals surface area contributed by atoms with Crippen molar-refractivity contribution in [1.29, 1.82) is 0 Å². The fourth-order valence-electron chi connectivity index (χ4n) is 3.70. The van der Waals surface area contributed by atoms with Gasteiger partial charge in [0.25, 0.3) is 5.91 Å². The van der Waals surface area contributed by atoms with Crippen LogP contribution in [-0.2, 0) is 7.05 Å². The van der Waals surface area contributed by atoms with Gasteiger partial charge in [-0.15, -0.1) is 5.10 Å². The summed E-state index contributed by atoms with van der Waals surface area (Å²) < 4.78 is 1.13. The molecule has 7 nitrogen and oxygen atoms in total. The Balaban J connectivity index is 1.69. The van der Waals surface area contributed by atoms with E-state index in [9.17, 15) is 14.7 Å². The Morgan fingerprint density at radius 1 is 1.35 bits per heavy atom. The molecule has 0 radical (unpaired) electrons. The zero-order valence-electron chi connectivity index (χ0n) is 11.7. The molecule has 2 fully saturated rings. The molecule has 2 N–H and O–H groups in total. The van der Waals surface area contributed by atoms with Crippen molar-refractivity contribution in [2.24, 2.45) is 18.9 Å². The van der Waals surface area contributed by atoms with Crippen LogP contribution >= 0.6 is 0 Å². The first-order valence-corrected chi connectivity index (χ1v) is 7.04. The van der Waals surface area contributed by atoms with Gasteiger partial charge in [0, 0.05) is 20.1 Å². The number of aryl methyl sites for hydroxylation is 1. The van der Waals surface area contributed by atoms with Crippen molar-refractivity contribution < 1.29 is 9.90 Å². The van der Waals surface area contributed by atoms with Gasteiger partial charge in [-0.05, 0) is 37.5 Å². The Bertz CT molecular complexity index is 564. The van der Waals surface area contributed by atoms with Crippen LogP contribution in [0.5, 0.6) is 0 Å². The largest absolute Gasteiger partial charge is 0.393 e. The van der Waals surface area contributed by atoms with Gasteiger partial charge in [0.15, 0.2) is 0 Å². The zero-order valence-corrected chi connectivity index (χ0v) is 11.7. The molecule has 1 heterocycles. The molecule has 0 saturated heterocycles. The number of fused-ring (bicyclic) bond motifs is 1. The number of hydrogen-bond acceptors (Lipinski definition) is 4. The maximum atomic E-state index is 12.3. The summed E-state index contributed by atoms with van der Waals surface area (Å²) in [6.45, 7) is 0. The molecule has 1 amide bonds. The number of aromatic amines is 1. The van der Waals surface area contributed by atoms with Gasteiger partial charge in [0.2, 0.25) is 5.82 Å². The molecule has 1 aromatic rings. The Kier molecular flexibility index (Phi) is 3.16. The summed E-state index contributed by atoms with van der Waals surface area (Å²) in [6, 6.07) is 0.176. The summed E-state index contributed by atoms with van der Waals surface area (Å²) in [5.41, 5.74) is -0.381. The van der Waals surface area contributed by atoms with Crippen molar-refractivity contribution in [3.8, 4) is 0 Å². The van der Waals surface area contributed by atoms with E-state index in [1.807, 2.05) is 0 Å². The molecule has 110 valence electrons. The van der Waals surface area contributed by atoms with Gasteiger partial charge in [-0.3, -0.25) is 9.78 Å². The number of aromatic nitrogens is 3. The third kappa shape index (κ3) is 2.15. The van der Waals surface area contributed by atoms with Gasteiger partial charge >= 0.3 is 5.69 Å². The second-order valence-corrected chi connectivity index (χ2v) is 6.09. The highest BCUT2D eigenvalue weighted by molar-refractivity contribution is 5.90. The molecule has 0 spiro atoms. The summed E-state index contributed by atoms with van der Waals surface area (Å²) in [5.74, 6) is 0.895. The molecule has 0 aliphatic heterocycles. The summed E-state index contributed by atoms with van der Waals surface area (Å²) in [7, 11) is 3.27. The van der Waals surface area contributed by atoms with Crippen LogP contribution < -0.4 is 5.69 Å². The SMILES string of the molecule is CN(C(=O)c1nn(C)c(=O)[nH]1)C1C[C@H]2CC(O)C[C@H]2C1. The second-order valence-electron chi connectivity index (χ2n) is 6.09. The number of H-pyrrole nitrogens is 1. The first kappa shape index (κ1) is 13.4. The number of carbonyl (C=O) groups excluding carboxylic acids is 1. The normalized spacial score (nSPS) is 32.4. The summed E-state index contributed by atoms with van der Waals surface area (Å²) in [6.07, 6.45) is 3.40. The van der Waals surface area contributed by atoms with Crippen LogP contribution in [-0.4, -0.2) is 49.9 Å². The van der Waals surface area contributed by atoms with E-state index < -0.39 is 0 Å². The van der Waals surface area contributed by atoms with Gasteiger partial charge in [-0.2, -0.15) is 0 Å². The lowest BCUT2D eigenvalue weighted by atomic mass is 10.0. The van der Waals surface area contributed by atoms with Gasteiger partial charge < -0.3 is 10.0 Å². The van der Waals surface area contributed by atoms with E-state index in [1.54, 1.807) is 11.9 Å². The average Bonchev–Trinajstić information content (AvgIpc) is 3.01. The highest BCUT2D eigenvalue weighted by Gasteiger charge is 2.43. The molecule has 2 unspecified atom stereocenters. The van der Waals surface area contributed by atoms with Crippen molar-refractivity contribution in [2.75, 3.05) is 7.05 Å². The third-order valence-corrected chi connectivity index (χ3v) is 4.81. The number of carbonyl (C=O) groups is 1. The van der Waals surface area contributed by atoms with Crippen LogP contribution in [0.25, 0.3) is 0 Å². The van der Waals surface area contributed by atoms with Crippen molar-refractivity contribution in [3.05, 3.63) is 16.3 Å². The maximum absolute atomic E-state index is 12.3. The van der Waals surface area contributed by atoms with Crippen LogP contribution in [0, 0.1) is 11.8 Å². The standard InChI is InChI=1S/C13H20N4O3/c1-16(12(19)11-14-13(20)17(2)15-11)9-3-7-5-10(18)6-8(7)4-9/h7-10,18H,3-6H2,1-2H3,(H,14,15,20)/t7-,8+,9?,10?. The minimum atomic E-state index is -0.381. The van der Waals surface area contributed by atoms with Crippen LogP contribution in [0.4, 0.5) is 0 Å². The summed E-state index contributed by atoms with van der Waals surface area (Å²) in [4.78, 5) is 27.8. The predicted molar refractivity (Wildman–Crippen MR) is 71.2 cm³/mol. The molecule has 2 saturated carbocycles. The molecule has 2 aliphatic carbocycles. The van der Waals surface area contributed by atoms with Crippen molar-refractivity contribution in [3.63, 3.8) is 0 Å². The Morgan fingerprint density at radius 3 is 2.45 bits per heavy atom. The first-order chi connectivity index (χ1) is 9.45. The van der Waals surface area contributed by atoms with E-state index in [1.165, 1.54) is 7.05 Å². The lowest BCUT2D eigenvalue weighted by molar-refractivity contribution is 0.0709. The number of nitrogens with zero attached hydrogens (tertiary/aromatic N) is 3. The summed E-state index contributed by atoms with van der Waals surface area (Å²) in [5, 5.41) is 13.6. The molecule has 4 atom stereocenters. The number of nitrogens with one attached hydrogen (secondary N) is 1. The molecule has 2 aliphatic rings. The van der Waals surface area contributed by atoms with Crippen molar-refractivity contribution in [2.45, 2.75) is 37.8 Å². The molecule has 0 aromatic carbocycles. The molecular formula is C13H20N4O3. The Labute approximate surface area is 116 Å². The fourth-order valence-corrected chi connectivity index (χ4v) is 3.70. The molecule has 20 heavy (non-hydrogen) atoms. The van der Waals surface area contributed by atoms with E-state index in [0.29, 0.717) is 11.8 Å². The Morgan fingerprint density at radius 2 is 1.95 bits per heavy atom. The average molecular weight is 280 g/mol. The monoisotopic (exact) mass is 280 g/mol. The van der Waals surface area contributed by atoms with Gasteiger partial charge in [0.05, 0.1) is 6.10 Å².